The van der Waals surface area contributed by atoms with E-state index < -0.39 is 52.6 Å². The lowest BCUT2D eigenvalue weighted by molar-refractivity contribution is -0.139. The van der Waals surface area contributed by atoms with Gasteiger partial charge in [-0.15, -0.1) is 0 Å². The van der Waals surface area contributed by atoms with E-state index in [1.165, 1.54) is 36.4 Å². The van der Waals surface area contributed by atoms with Crippen molar-refractivity contribution in [3.63, 3.8) is 0 Å². The Labute approximate surface area is 196 Å². The van der Waals surface area contributed by atoms with Gasteiger partial charge in [0, 0.05) is 28.7 Å². The molecule has 0 aliphatic heterocycles. The van der Waals surface area contributed by atoms with Crippen molar-refractivity contribution in [1.82, 2.24) is 9.97 Å². The molecule has 2 aromatic rings. The lowest BCUT2D eigenvalue weighted by Gasteiger charge is -2.20. The summed E-state index contributed by atoms with van der Waals surface area (Å²) in [6, 6.07) is 5.13. The number of nitrogens with zero attached hydrogens (tertiary/aromatic N) is 3. The van der Waals surface area contributed by atoms with Crippen molar-refractivity contribution in [2.75, 3.05) is 17.5 Å². The Morgan fingerprint density at radius 2 is 1.88 bits per heavy atom. The van der Waals surface area contributed by atoms with E-state index in [2.05, 4.69) is 9.97 Å². The molecule has 3 N–H and O–H groups in total. The molecule has 0 bridgehead atoms. The number of rotatable bonds is 10. The zero-order valence-electron chi connectivity index (χ0n) is 21.3. The average molecular weight is 485 g/mol. The number of halogens is 1. The lowest BCUT2D eigenvalue weighted by Crippen LogP contribution is -2.27. The van der Waals surface area contributed by atoms with Gasteiger partial charge in [0.1, 0.15) is 5.82 Å². The maximum absolute atomic E-state index is 13.6. The topological polar surface area (TPSA) is 141 Å². The van der Waals surface area contributed by atoms with Crippen molar-refractivity contribution in [3.05, 3.63) is 47.4 Å². The molecule has 1 aromatic carbocycles. The van der Waals surface area contributed by atoms with Gasteiger partial charge < -0.3 is 15.3 Å². The van der Waals surface area contributed by atoms with Crippen LogP contribution in [-0.2, 0) is 14.8 Å². The number of sulfonamides is 1. The first kappa shape index (κ1) is 21.9. The number of carbonyl (C=O) groups is 1. The minimum atomic E-state index is -4.83. The lowest BCUT2D eigenvalue weighted by atomic mass is 9.97. The normalized spacial score (nSPS) is 15.7. The van der Waals surface area contributed by atoms with E-state index in [9.17, 15) is 27.8 Å². The van der Waals surface area contributed by atoms with Gasteiger partial charge in [0.05, 0.1) is 36.2 Å². The van der Waals surface area contributed by atoms with E-state index in [4.69, 9.17) is 9.22 Å². The monoisotopic (exact) mass is 484 g/mol. The number of anilines is 1. The molecule has 11 heteroatoms. The van der Waals surface area contributed by atoms with Crippen LogP contribution in [0, 0.1) is 5.82 Å². The molecule has 180 valence electrons. The number of aliphatic carboxylic acids is 1. The third-order valence-corrected chi connectivity index (χ3v) is 5.56. The van der Waals surface area contributed by atoms with Crippen LogP contribution in [0.1, 0.15) is 48.0 Å². The van der Waals surface area contributed by atoms with Gasteiger partial charge in [-0.2, -0.15) is 0 Å². The standard InChI is InChI=1S/C22H28FN3O6S/c1-13(2)20-18(10-9-16(27)11-17(28)12-19(29)30)21(14-5-7-15(23)8-6-14)25-22(24-20)26(3)33(4,31)32/h5-10,13,16-17,27-28H,11-12H2,1-4H3,(H,29,30)/b10-9+/t16-,17-/m1/s1/i4D3. The Balaban J connectivity index is 2.68. The second-order valence-corrected chi connectivity index (χ2v) is 9.22. The average Bonchev–Trinajstić information content (AvgIpc) is 2.75. The molecule has 0 radical (unpaired) electrons. The highest BCUT2D eigenvalue weighted by Crippen LogP contribution is 2.31. The van der Waals surface area contributed by atoms with E-state index in [0.717, 1.165) is 7.05 Å². The summed E-state index contributed by atoms with van der Waals surface area (Å²) in [4.78, 5) is 19.3. The van der Waals surface area contributed by atoms with E-state index in [1.54, 1.807) is 13.8 Å². The van der Waals surface area contributed by atoms with Gasteiger partial charge in [-0.05, 0) is 30.2 Å². The van der Waals surface area contributed by atoms with Crippen molar-refractivity contribution >= 4 is 28.0 Å². The minimum absolute atomic E-state index is 0.144. The minimum Gasteiger partial charge on any atom is -0.481 e. The summed E-state index contributed by atoms with van der Waals surface area (Å²) < 4.78 is 61.2. The second-order valence-electron chi connectivity index (χ2n) is 7.72. The van der Waals surface area contributed by atoms with E-state index >= 15 is 0 Å². The van der Waals surface area contributed by atoms with Crippen molar-refractivity contribution in [1.29, 1.82) is 0 Å². The SMILES string of the molecule is [2H]C([2H])([2H])S(=O)(=O)N(C)c1nc(-c2ccc(F)cc2)c(/C=C/[C@@H](O)C[C@@H](O)CC(=O)O)c(C(C)C)n1. The van der Waals surface area contributed by atoms with Crippen LogP contribution in [0.4, 0.5) is 10.3 Å². The van der Waals surface area contributed by atoms with E-state index in [1.807, 2.05) is 0 Å². The van der Waals surface area contributed by atoms with Crippen LogP contribution in [0.15, 0.2) is 30.3 Å². The number of hydrogen-bond acceptors (Lipinski definition) is 7. The molecule has 0 saturated heterocycles. The molecule has 1 heterocycles. The predicted molar refractivity (Wildman–Crippen MR) is 123 cm³/mol. The summed E-state index contributed by atoms with van der Waals surface area (Å²) >= 11 is 0. The Kier molecular flexibility index (Phi) is 7.19. The summed E-state index contributed by atoms with van der Waals surface area (Å²) in [5, 5.41) is 28.8. The zero-order chi connectivity index (χ0) is 27.4. The second kappa shape index (κ2) is 10.8. The van der Waals surface area contributed by atoms with Gasteiger partial charge in [0.2, 0.25) is 16.0 Å². The molecule has 0 aliphatic rings. The van der Waals surface area contributed by atoms with Gasteiger partial charge >= 0.3 is 5.97 Å². The molecule has 2 atom stereocenters. The predicted octanol–water partition coefficient (Wildman–Crippen LogP) is 2.40. The first-order valence-corrected chi connectivity index (χ1v) is 11.4. The molecule has 0 aliphatic carbocycles. The number of benzene rings is 1. The fourth-order valence-corrected chi connectivity index (χ4v) is 3.30. The molecular weight excluding hydrogens is 453 g/mol. The Bertz CT molecular complexity index is 1220. The Hall–Kier alpha value is -2.89. The summed E-state index contributed by atoms with van der Waals surface area (Å²) in [6.07, 6.45) is -3.97. The highest BCUT2D eigenvalue weighted by atomic mass is 32.2. The fourth-order valence-electron chi connectivity index (χ4n) is 3.00. The van der Waals surface area contributed by atoms with Crippen LogP contribution in [-0.4, -0.2) is 65.1 Å². The maximum Gasteiger partial charge on any atom is 0.305 e. The number of carboxylic acids is 1. The third kappa shape index (κ3) is 7.31. The number of aromatic nitrogens is 2. The molecule has 0 amide bonds. The molecule has 0 spiro atoms. The maximum atomic E-state index is 13.6. The summed E-state index contributed by atoms with van der Waals surface area (Å²) in [5.41, 5.74) is 1.15. The molecule has 0 fully saturated rings. The van der Waals surface area contributed by atoms with Crippen LogP contribution in [0.5, 0.6) is 0 Å². The summed E-state index contributed by atoms with van der Waals surface area (Å²) in [5.74, 6) is -2.49. The number of carboxylic acid groups (broad SMARTS) is 1. The van der Waals surface area contributed by atoms with Crippen LogP contribution in [0.3, 0.4) is 0 Å². The molecule has 9 nitrogen and oxygen atoms in total. The quantitative estimate of drug-likeness (QED) is 0.467. The molecule has 0 saturated carbocycles. The fraction of sp³-hybridized carbons (Fsp3) is 0.409. The van der Waals surface area contributed by atoms with Crippen LogP contribution in [0.25, 0.3) is 17.3 Å². The largest absolute Gasteiger partial charge is 0.481 e. The zero-order valence-corrected chi connectivity index (χ0v) is 19.1. The van der Waals surface area contributed by atoms with Crippen molar-refractivity contribution in [3.8, 4) is 11.3 Å². The molecule has 1 aromatic heterocycles. The Morgan fingerprint density at radius 3 is 2.42 bits per heavy atom. The van der Waals surface area contributed by atoms with Crippen LogP contribution < -0.4 is 4.31 Å². The smallest absolute Gasteiger partial charge is 0.305 e. The van der Waals surface area contributed by atoms with E-state index in [0.29, 0.717) is 21.1 Å². The molecule has 2 rings (SSSR count). The third-order valence-electron chi connectivity index (χ3n) is 4.68. The van der Waals surface area contributed by atoms with Gasteiger partial charge in [-0.3, -0.25) is 4.79 Å². The first-order valence-electron chi connectivity index (χ1n) is 11.5. The van der Waals surface area contributed by atoms with Crippen molar-refractivity contribution in [2.24, 2.45) is 0 Å². The van der Waals surface area contributed by atoms with Gasteiger partial charge in [-0.25, -0.2) is 27.1 Å². The number of hydrogen-bond donors (Lipinski definition) is 3. The number of aliphatic hydroxyl groups is 2. The van der Waals surface area contributed by atoms with Crippen LogP contribution in [0.2, 0.25) is 0 Å². The summed E-state index contributed by atoms with van der Waals surface area (Å²) in [6.45, 7) is 3.51. The van der Waals surface area contributed by atoms with Crippen molar-refractivity contribution in [2.45, 2.75) is 44.8 Å². The van der Waals surface area contributed by atoms with E-state index in [-0.39, 0.29) is 18.0 Å². The van der Waals surface area contributed by atoms with Crippen molar-refractivity contribution < 1.29 is 37.0 Å². The van der Waals surface area contributed by atoms with Gasteiger partial charge in [-0.1, -0.05) is 26.0 Å². The Morgan fingerprint density at radius 1 is 1.24 bits per heavy atom. The van der Waals surface area contributed by atoms with Gasteiger partial charge in [0.15, 0.2) is 0 Å². The van der Waals surface area contributed by atoms with Gasteiger partial charge in [0.25, 0.3) is 0 Å². The van der Waals surface area contributed by atoms with Crippen LogP contribution >= 0.6 is 0 Å². The summed E-state index contributed by atoms with van der Waals surface area (Å²) in [7, 11) is -3.81. The molecule has 33 heavy (non-hydrogen) atoms. The highest BCUT2D eigenvalue weighted by Gasteiger charge is 2.22. The molecular formula is C22H28FN3O6S. The first-order chi connectivity index (χ1) is 16.5. The number of aliphatic hydroxyl groups excluding tert-OH is 2. The highest BCUT2D eigenvalue weighted by molar-refractivity contribution is 7.92. The molecule has 0 unspecified atom stereocenters.